The summed E-state index contributed by atoms with van der Waals surface area (Å²) in [4.78, 5) is 0. The molecule has 0 heterocycles. The van der Waals surface area contributed by atoms with Crippen LogP contribution in [0.15, 0.2) is 24.3 Å². The molecule has 132 valence electrons. The first-order valence-electron chi connectivity index (χ1n) is 7.79. The van der Waals surface area contributed by atoms with Gasteiger partial charge in [0.05, 0.1) is 37.9 Å². The Morgan fingerprint density at radius 2 is 1.17 bits per heavy atom. The first-order valence-corrected chi connectivity index (χ1v) is 11.1. The first-order chi connectivity index (χ1) is 10.9. The maximum Gasteiger partial charge on any atom is 0.361 e. The first kappa shape index (κ1) is 20.6. The van der Waals surface area contributed by atoms with Gasteiger partial charge in [0, 0.05) is 0 Å². The molecule has 0 spiro atoms. The second-order valence-electron chi connectivity index (χ2n) is 4.60. The van der Waals surface area contributed by atoms with Crippen molar-refractivity contribution in [2.24, 2.45) is 0 Å². The Bertz CT molecular complexity index is 538. The van der Waals surface area contributed by atoms with Gasteiger partial charge in [-0.1, -0.05) is 12.1 Å². The maximum atomic E-state index is 12.7. The fourth-order valence-corrected chi connectivity index (χ4v) is 5.32. The van der Waals surface area contributed by atoms with Gasteiger partial charge >= 0.3 is 15.2 Å². The van der Waals surface area contributed by atoms with Crippen molar-refractivity contribution in [2.75, 3.05) is 26.4 Å². The largest absolute Gasteiger partial charge is 0.361 e. The lowest BCUT2D eigenvalue weighted by atomic mass is 10.2. The molecule has 0 aliphatic carbocycles. The van der Waals surface area contributed by atoms with Gasteiger partial charge in [-0.2, -0.15) is 0 Å². The predicted octanol–water partition coefficient (Wildman–Crippen LogP) is 4.34. The highest BCUT2D eigenvalue weighted by Gasteiger charge is 2.28. The Balaban J connectivity index is 2.94. The van der Waals surface area contributed by atoms with E-state index in [1.165, 1.54) is 0 Å². The molecule has 0 bridgehead atoms. The van der Waals surface area contributed by atoms with Crippen LogP contribution in [0, 0.1) is 0 Å². The predicted molar refractivity (Wildman–Crippen MR) is 91.5 cm³/mol. The van der Waals surface area contributed by atoms with E-state index in [-0.39, 0.29) is 6.16 Å². The molecule has 0 N–H and O–H groups in total. The van der Waals surface area contributed by atoms with Crippen LogP contribution in [-0.4, -0.2) is 26.4 Å². The molecule has 1 aromatic carbocycles. The third-order valence-electron chi connectivity index (χ3n) is 2.88. The topological polar surface area (TPSA) is 71.1 Å². The summed E-state index contributed by atoms with van der Waals surface area (Å²) in [5, 5.41) is 0.479. The lowest BCUT2D eigenvalue weighted by Gasteiger charge is -2.19. The molecular weight excluding hydrogens is 338 g/mol. The molecule has 0 amide bonds. The second-order valence-corrected chi connectivity index (χ2v) is 8.69. The van der Waals surface area contributed by atoms with Gasteiger partial charge in [-0.15, -0.1) is 0 Å². The molecule has 1 rings (SSSR count). The summed E-state index contributed by atoms with van der Waals surface area (Å²) in [5.74, 6) is 0. The van der Waals surface area contributed by atoms with Crippen LogP contribution in [0.5, 0.6) is 0 Å². The third kappa shape index (κ3) is 6.15. The van der Waals surface area contributed by atoms with Crippen LogP contribution in [0.1, 0.15) is 33.3 Å². The minimum absolute atomic E-state index is 0.169. The zero-order valence-corrected chi connectivity index (χ0v) is 16.0. The number of benzene rings is 1. The van der Waals surface area contributed by atoms with Crippen molar-refractivity contribution in [1.82, 2.24) is 0 Å². The van der Waals surface area contributed by atoms with Crippen molar-refractivity contribution in [2.45, 2.75) is 33.9 Å². The Kier molecular flexibility index (Phi) is 8.70. The molecule has 0 aliphatic rings. The van der Waals surface area contributed by atoms with E-state index in [9.17, 15) is 9.13 Å². The highest BCUT2D eigenvalue weighted by Crippen LogP contribution is 2.51. The van der Waals surface area contributed by atoms with Gasteiger partial charge in [0.2, 0.25) is 0 Å². The Morgan fingerprint density at radius 1 is 0.739 bits per heavy atom. The van der Waals surface area contributed by atoms with E-state index in [0.717, 1.165) is 5.56 Å². The minimum atomic E-state index is -3.30. The molecule has 1 aromatic rings. The van der Waals surface area contributed by atoms with Crippen molar-refractivity contribution in [1.29, 1.82) is 0 Å². The Labute approximate surface area is 138 Å². The summed E-state index contributed by atoms with van der Waals surface area (Å²) in [6.07, 6.45) is 0.169. The molecule has 0 atom stereocenters. The normalized spacial score (nSPS) is 12.5. The summed E-state index contributed by atoms with van der Waals surface area (Å²) in [7, 11) is -6.45. The van der Waals surface area contributed by atoms with Gasteiger partial charge in [0.15, 0.2) is 0 Å². The summed E-state index contributed by atoms with van der Waals surface area (Å²) in [6.45, 7) is 8.30. The third-order valence-corrected chi connectivity index (χ3v) is 7.06. The van der Waals surface area contributed by atoms with E-state index in [1.807, 2.05) is 0 Å². The van der Waals surface area contributed by atoms with E-state index < -0.39 is 15.2 Å². The van der Waals surface area contributed by atoms with Crippen LogP contribution in [0.3, 0.4) is 0 Å². The zero-order chi connectivity index (χ0) is 17.3. The van der Waals surface area contributed by atoms with Gasteiger partial charge in [-0.3, -0.25) is 9.13 Å². The lowest BCUT2D eigenvalue weighted by Crippen LogP contribution is -2.11. The molecular formula is C15H26O6P2. The van der Waals surface area contributed by atoms with Crippen molar-refractivity contribution in [3.05, 3.63) is 29.8 Å². The molecule has 23 heavy (non-hydrogen) atoms. The van der Waals surface area contributed by atoms with E-state index in [0.29, 0.717) is 31.7 Å². The molecule has 0 saturated carbocycles. The fraction of sp³-hybridized carbons (Fsp3) is 0.600. The molecule has 0 aromatic heterocycles. The van der Waals surface area contributed by atoms with Crippen LogP contribution in [0.2, 0.25) is 0 Å². The fourth-order valence-electron chi connectivity index (χ4n) is 2.06. The van der Waals surface area contributed by atoms with Crippen molar-refractivity contribution < 1.29 is 27.2 Å². The quantitative estimate of drug-likeness (QED) is 0.544. The van der Waals surface area contributed by atoms with Crippen LogP contribution in [0.4, 0.5) is 0 Å². The second kappa shape index (κ2) is 9.73. The standard InChI is InChI=1S/C15H26O6P2/c1-5-18-22(16,19-6-2)13-14-9-11-15(12-10-14)23(17,20-7-3)21-8-4/h9-12H,5-8,13H2,1-4H3. The number of rotatable bonds is 11. The van der Waals surface area contributed by atoms with Crippen LogP contribution in [-0.2, 0) is 33.4 Å². The van der Waals surface area contributed by atoms with E-state index in [2.05, 4.69) is 0 Å². The average molecular weight is 364 g/mol. The maximum absolute atomic E-state index is 12.7. The van der Waals surface area contributed by atoms with E-state index in [1.54, 1.807) is 52.0 Å². The number of hydrogen-bond acceptors (Lipinski definition) is 6. The summed E-state index contributed by atoms with van der Waals surface area (Å²) in [5.41, 5.74) is 0.776. The molecule has 0 unspecified atom stereocenters. The summed E-state index contributed by atoms with van der Waals surface area (Å²) >= 11 is 0. The highest BCUT2D eigenvalue weighted by molar-refractivity contribution is 7.62. The van der Waals surface area contributed by atoms with Gasteiger partial charge in [0.25, 0.3) is 0 Å². The lowest BCUT2D eigenvalue weighted by molar-refractivity contribution is 0.219. The molecule has 8 heteroatoms. The van der Waals surface area contributed by atoms with Crippen LogP contribution < -0.4 is 5.30 Å². The Hall–Kier alpha value is -0.480. The van der Waals surface area contributed by atoms with Crippen molar-refractivity contribution in [3.63, 3.8) is 0 Å². The smallest absolute Gasteiger partial charge is 0.309 e. The average Bonchev–Trinajstić information content (AvgIpc) is 2.48. The van der Waals surface area contributed by atoms with Gasteiger partial charge in [0.1, 0.15) is 0 Å². The highest BCUT2D eigenvalue weighted by atomic mass is 31.2. The van der Waals surface area contributed by atoms with Crippen molar-refractivity contribution in [3.8, 4) is 0 Å². The van der Waals surface area contributed by atoms with Gasteiger partial charge < -0.3 is 18.1 Å². The molecule has 6 nitrogen and oxygen atoms in total. The molecule has 0 radical (unpaired) electrons. The monoisotopic (exact) mass is 364 g/mol. The van der Waals surface area contributed by atoms with E-state index in [4.69, 9.17) is 18.1 Å². The van der Waals surface area contributed by atoms with E-state index >= 15 is 0 Å². The number of hydrogen-bond donors (Lipinski definition) is 0. The van der Waals surface area contributed by atoms with Gasteiger partial charge in [-0.25, -0.2) is 0 Å². The molecule has 0 aliphatic heterocycles. The van der Waals surface area contributed by atoms with Gasteiger partial charge in [-0.05, 0) is 45.4 Å². The Morgan fingerprint density at radius 3 is 1.57 bits per heavy atom. The zero-order valence-electron chi connectivity index (χ0n) is 14.2. The SMILES string of the molecule is CCOP(=O)(Cc1ccc(P(=O)(OCC)OCC)cc1)OCC. The molecule has 0 saturated heterocycles. The van der Waals surface area contributed by atoms with Crippen LogP contribution >= 0.6 is 15.2 Å². The van der Waals surface area contributed by atoms with Crippen molar-refractivity contribution >= 4 is 20.5 Å². The summed E-state index contributed by atoms with van der Waals surface area (Å²) in [6, 6.07) is 6.82. The minimum Gasteiger partial charge on any atom is -0.309 e. The van der Waals surface area contributed by atoms with Crippen LogP contribution in [0.25, 0.3) is 0 Å². The molecule has 0 fully saturated rings. The summed E-state index contributed by atoms with van der Waals surface area (Å²) < 4.78 is 46.3.